The van der Waals surface area contributed by atoms with Gasteiger partial charge in [0.15, 0.2) is 11.6 Å². The van der Waals surface area contributed by atoms with Crippen LogP contribution in [-0.2, 0) is 14.8 Å². The Morgan fingerprint density at radius 1 is 1.04 bits per heavy atom. The third kappa shape index (κ3) is 4.97. The van der Waals surface area contributed by atoms with Crippen molar-refractivity contribution in [2.24, 2.45) is 0 Å². The highest BCUT2D eigenvalue weighted by atomic mass is 35.5. The fourth-order valence-corrected chi connectivity index (χ4v) is 3.54. The predicted molar refractivity (Wildman–Crippen MR) is 98.6 cm³/mol. The third-order valence-corrected chi connectivity index (χ3v) is 5.30. The van der Waals surface area contributed by atoms with Crippen molar-refractivity contribution in [3.63, 3.8) is 0 Å². The lowest BCUT2D eigenvalue weighted by atomic mass is 10.3. The molecule has 2 aromatic rings. The molecule has 0 fully saturated rings. The van der Waals surface area contributed by atoms with Gasteiger partial charge in [0.1, 0.15) is 6.54 Å². The summed E-state index contributed by atoms with van der Waals surface area (Å²) in [4.78, 5) is 12.2. The molecule has 26 heavy (non-hydrogen) atoms. The van der Waals surface area contributed by atoms with Gasteiger partial charge in [-0.2, -0.15) is 0 Å². The van der Waals surface area contributed by atoms with Gasteiger partial charge in [-0.15, -0.1) is 0 Å². The maximum atomic E-state index is 13.2. The summed E-state index contributed by atoms with van der Waals surface area (Å²) in [5.41, 5.74) is -0.0911. The fourth-order valence-electron chi connectivity index (χ4n) is 1.99. The second-order valence-corrected chi connectivity index (χ2v) is 8.29. The first-order chi connectivity index (χ1) is 12.0. The predicted octanol–water partition coefficient (Wildman–Crippen LogP) is 4.33. The Bertz CT molecular complexity index is 971. The van der Waals surface area contributed by atoms with Gasteiger partial charge in [0.2, 0.25) is 15.9 Å². The molecule has 0 aliphatic heterocycles. The minimum absolute atomic E-state index is 0.0366. The van der Waals surface area contributed by atoms with Gasteiger partial charge in [-0.25, -0.2) is 17.2 Å². The Labute approximate surface area is 163 Å². The average Bonchev–Trinajstić information content (AvgIpc) is 2.51. The van der Waals surface area contributed by atoms with Crippen LogP contribution in [0.5, 0.6) is 0 Å². The van der Waals surface area contributed by atoms with Crippen molar-refractivity contribution < 1.29 is 22.0 Å². The second kappa shape index (κ2) is 7.96. The van der Waals surface area contributed by atoms with E-state index in [1.807, 2.05) is 0 Å². The van der Waals surface area contributed by atoms with Crippen LogP contribution in [0.2, 0.25) is 15.1 Å². The molecule has 2 rings (SSSR count). The largest absolute Gasteiger partial charge is 0.324 e. The van der Waals surface area contributed by atoms with E-state index in [1.165, 1.54) is 12.1 Å². The van der Waals surface area contributed by atoms with Crippen LogP contribution in [0.3, 0.4) is 0 Å². The van der Waals surface area contributed by atoms with Crippen molar-refractivity contribution in [3.8, 4) is 0 Å². The van der Waals surface area contributed by atoms with E-state index in [0.717, 1.165) is 24.5 Å². The van der Waals surface area contributed by atoms with Crippen LogP contribution < -0.4 is 9.62 Å². The molecule has 0 saturated heterocycles. The lowest BCUT2D eigenvalue weighted by Crippen LogP contribution is -2.37. The summed E-state index contributed by atoms with van der Waals surface area (Å²) in [7, 11) is -3.92. The Morgan fingerprint density at radius 2 is 1.65 bits per heavy atom. The molecular formula is C15H11Cl3F2N2O3S. The van der Waals surface area contributed by atoms with E-state index in [1.54, 1.807) is 0 Å². The molecule has 2 aromatic carbocycles. The average molecular weight is 444 g/mol. The molecule has 1 amide bonds. The highest BCUT2D eigenvalue weighted by molar-refractivity contribution is 7.92. The van der Waals surface area contributed by atoms with Crippen molar-refractivity contribution in [2.75, 3.05) is 22.4 Å². The normalized spacial score (nSPS) is 11.3. The van der Waals surface area contributed by atoms with Crippen LogP contribution in [0.15, 0.2) is 30.3 Å². The van der Waals surface area contributed by atoms with Crippen LogP contribution in [0.1, 0.15) is 0 Å². The summed E-state index contributed by atoms with van der Waals surface area (Å²) in [6, 6.07) is 5.18. The summed E-state index contributed by atoms with van der Waals surface area (Å²) in [5.74, 6) is -3.04. The van der Waals surface area contributed by atoms with Gasteiger partial charge in [0, 0.05) is 11.8 Å². The molecule has 1 N–H and O–H groups in total. The highest BCUT2D eigenvalue weighted by Gasteiger charge is 2.24. The van der Waals surface area contributed by atoms with Gasteiger partial charge in [-0.1, -0.05) is 34.8 Å². The van der Waals surface area contributed by atoms with Crippen molar-refractivity contribution in [2.45, 2.75) is 0 Å². The van der Waals surface area contributed by atoms with Gasteiger partial charge in [-0.05, 0) is 24.3 Å². The number of hydrogen-bond donors (Lipinski definition) is 1. The van der Waals surface area contributed by atoms with E-state index in [9.17, 15) is 22.0 Å². The van der Waals surface area contributed by atoms with Crippen molar-refractivity contribution in [1.82, 2.24) is 0 Å². The lowest BCUT2D eigenvalue weighted by Gasteiger charge is -2.23. The molecular weight excluding hydrogens is 433 g/mol. The van der Waals surface area contributed by atoms with Crippen LogP contribution in [0.25, 0.3) is 0 Å². The van der Waals surface area contributed by atoms with E-state index < -0.39 is 34.1 Å². The Morgan fingerprint density at radius 3 is 2.23 bits per heavy atom. The number of benzene rings is 2. The summed E-state index contributed by atoms with van der Waals surface area (Å²) in [5, 5.41) is 2.39. The van der Waals surface area contributed by atoms with E-state index in [4.69, 9.17) is 34.8 Å². The minimum atomic E-state index is -3.92. The van der Waals surface area contributed by atoms with Gasteiger partial charge in [0.05, 0.1) is 27.0 Å². The molecule has 0 aliphatic rings. The molecule has 0 aliphatic carbocycles. The number of sulfonamides is 1. The molecule has 0 spiro atoms. The molecule has 0 atom stereocenters. The third-order valence-electron chi connectivity index (χ3n) is 3.15. The van der Waals surface area contributed by atoms with Crippen LogP contribution in [0.4, 0.5) is 20.2 Å². The zero-order valence-corrected chi connectivity index (χ0v) is 16.1. The highest BCUT2D eigenvalue weighted by Crippen LogP contribution is 2.35. The number of carbonyl (C=O) groups is 1. The van der Waals surface area contributed by atoms with Gasteiger partial charge in [0.25, 0.3) is 0 Å². The van der Waals surface area contributed by atoms with Crippen molar-refractivity contribution in [3.05, 3.63) is 57.0 Å². The zero-order chi connectivity index (χ0) is 19.6. The van der Waals surface area contributed by atoms with Crippen LogP contribution in [-0.4, -0.2) is 27.1 Å². The number of nitrogens with zero attached hydrogens (tertiary/aromatic N) is 1. The first-order valence-corrected chi connectivity index (χ1v) is 9.84. The zero-order valence-electron chi connectivity index (χ0n) is 13.1. The topological polar surface area (TPSA) is 66.5 Å². The smallest absolute Gasteiger partial charge is 0.245 e. The quantitative estimate of drug-likeness (QED) is 0.700. The van der Waals surface area contributed by atoms with E-state index in [2.05, 4.69) is 5.32 Å². The monoisotopic (exact) mass is 442 g/mol. The molecule has 0 heterocycles. The molecule has 0 radical (unpaired) electrons. The van der Waals surface area contributed by atoms with Crippen LogP contribution >= 0.6 is 34.8 Å². The van der Waals surface area contributed by atoms with Crippen molar-refractivity contribution in [1.29, 1.82) is 0 Å². The number of nitrogens with one attached hydrogen (secondary N) is 1. The molecule has 140 valence electrons. The molecule has 0 saturated carbocycles. The first kappa shape index (κ1) is 20.7. The van der Waals surface area contributed by atoms with E-state index >= 15 is 0 Å². The number of amides is 1. The van der Waals surface area contributed by atoms with Crippen LogP contribution in [0, 0.1) is 11.6 Å². The molecule has 0 bridgehead atoms. The van der Waals surface area contributed by atoms with Crippen molar-refractivity contribution >= 4 is 62.1 Å². The number of anilines is 2. The number of halogens is 5. The fraction of sp³-hybridized carbons (Fsp3) is 0.133. The van der Waals surface area contributed by atoms with E-state index in [0.29, 0.717) is 4.31 Å². The number of rotatable bonds is 5. The van der Waals surface area contributed by atoms with E-state index in [-0.39, 0.29) is 26.4 Å². The molecule has 0 unspecified atom stereocenters. The Hall–Kier alpha value is -1.61. The Balaban J connectivity index is 2.30. The maximum Gasteiger partial charge on any atom is 0.245 e. The second-order valence-electron chi connectivity index (χ2n) is 5.16. The lowest BCUT2D eigenvalue weighted by molar-refractivity contribution is -0.114. The van der Waals surface area contributed by atoms with Gasteiger partial charge in [-0.3, -0.25) is 9.10 Å². The van der Waals surface area contributed by atoms with Gasteiger partial charge >= 0.3 is 0 Å². The number of hydrogen-bond acceptors (Lipinski definition) is 3. The standard InChI is InChI=1S/C15H11Cl3F2N2O3S/c1-26(24,25)22(14-6-10(17)9(16)5-11(14)18)7-15(23)21-8-2-3-12(19)13(20)4-8/h2-6H,7H2,1H3,(H,21,23). The summed E-state index contributed by atoms with van der Waals surface area (Å²) in [6.07, 6.45) is 0.872. The minimum Gasteiger partial charge on any atom is -0.324 e. The summed E-state index contributed by atoms with van der Waals surface area (Å²) in [6.45, 7) is -0.671. The summed E-state index contributed by atoms with van der Waals surface area (Å²) < 4.78 is 51.0. The molecule has 5 nitrogen and oxygen atoms in total. The van der Waals surface area contributed by atoms with Gasteiger partial charge < -0.3 is 5.32 Å². The number of carbonyl (C=O) groups excluding carboxylic acids is 1. The maximum absolute atomic E-state index is 13.2. The Kier molecular flexibility index (Phi) is 6.33. The molecule has 11 heteroatoms. The summed E-state index contributed by atoms with van der Waals surface area (Å²) >= 11 is 17.7. The first-order valence-electron chi connectivity index (χ1n) is 6.86. The molecule has 0 aromatic heterocycles. The SMILES string of the molecule is CS(=O)(=O)N(CC(=O)Nc1ccc(F)c(F)c1)c1cc(Cl)c(Cl)cc1Cl.